The average Bonchev–Trinajstić information content (AvgIpc) is 2.99. The fourth-order valence-corrected chi connectivity index (χ4v) is 2.80. The van der Waals surface area contributed by atoms with Crippen LogP contribution >= 0.6 is 0 Å². The molecule has 1 N–H and O–H groups in total. The van der Waals surface area contributed by atoms with E-state index >= 15 is 0 Å². The van der Waals surface area contributed by atoms with Crippen molar-refractivity contribution in [2.45, 2.75) is 0 Å². The van der Waals surface area contributed by atoms with Crippen molar-refractivity contribution in [1.82, 2.24) is 9.55 Å². The van der Waals surface area contributed by atoms with Crippen molar-refractivity contribution >= 4 is 34.3 Å². The minimum Gasteiger partial charge on any atom is -0.335 e. The summed E-state index contributed by atoms with van der Waals surface area (Å²) in [5, 5.41) is 3.94. The molecule has 0 aliphatic carbocycles. The number of carbonyl (C=O) groups excluding carboxylic acids is 1. The van der Waals surface area contributed by atoms with Gasteiger partial charge in [0.05, 0.1) is 0 Å². The molecule has 0 saturated carbocycles. The van der Waals surface area contributed by atoms with Crippen molar-refractivity contribution in [1.29, 1.82) is 0 Å². The summed E-state index contributed by atoms with van der Waals surface area (Å²) < 4.78 is 1.97. The molecule has 0 unspecified atom stereocenters. The molecule has 4 rings (SSSR count). The Labute approximate surface area is 121 Å². The van der Waals surface area contributed by atoms with Crippen molar-refractivity contribution in [3.05, 3.63) is 59.9 Å². The first-order chi connectivity index (χ1) is 10.2. The summed E-state index contributed by atoms with van der Waals surface area (Å²) >= 11 is 0. The Balaban J connectivity index is 1.93. The molecule has 0 atom stereocenters. The van der Waals surface area contributed by atoms with Gasteiger partial charge in [0.15, 0.2) is 0 Å². The first-order valence-electron chi connectivity index (χ1n) is 6.76. The van der Waals surface area contributed by atoms with Gasteiger partial charge in [0.1, 0.15) is 5.65 Å². The summed E-state index contributed by atoms with van der Waals surface area (Å²) in [5.74, 6) is -0.0582. The number of nitrogens with zero attached hydrogens (tertiary/aromatic N) is 2. The van der Waals surface area contributed by atoms with Crippen LogP contribution in [0.3, 0.4) is 0 Å². The number of amides is 1. The van der Waals surface area contributed by atoms with Crippen LogP contribution in [0.25, 0.3) is 22.7 Å². The lowest BCUT2D eigenvalue weighted by atomic mass is 10.0. The molecule has 1 aliphatic rings. The predicted molar refractivity (Wildman–Crippen MR) is 83.7 cm³/mol. The van der Waals surface area contributed by atoms with Crippen LogP contribution in [0.15, 0.2) is 48.8 Å². The minimum atomic E-state index is -0.0582. The van der Waals surface area contributed by atoms with Gasteiger partial charge in [0, 0.05) is 47.2 Å². The molecule has 102 valence electrons. The smallest absolute Gasteiger partial charge is 0.256 e. The van der Waals surface area contributed by atoms with Crippen LogP contribution in [0.2, 0.25) is 0 Å². The fourth-order valence-electron chi connectivity index (χ4n) is 2.80. The van der Waals surface area contributed by atoms with E-state index in [0.717, 1.165) is 27.8 Å². The Bertz CT molecular complexity index is 905. The minimum absolute atomic E-state index is 0.0582. The Morgan fingerprint density at radius 1 is 1.19 bits per heavy atom. The molecule has 3 heterocycles. The van der Waals surface area contributed by atoms with Crippen LogP contribution in [-0.2, 0) is 11.8 Å². The number of pyridine rings is 1. The quantitative estimate of drug-likeness (QED) is 0.694. The fraction of sp³-hybridized carbons (Fsp3) is 0.0588. The lowest BCUT2D eigenvalue weighted by molar-refractivity contribution is -0.110. The number of aromatic nitrogens is 2. The number of aryl methyl sites for hydroxylation is 1. The van der Waals surface area contributed by atoms with Gasteiger partial charge in [-0.25, -0.2) is 4.98 Å². The number of anilines is 1. The molecule has 0 saturated heterocycles. The highest BCUT2D eigenvalue weighted by atomic mass is 16.2. The highest BCUT2D eigenvalue weighted by Crippen LogP contribution is 2.33. The maximum Gasteiger partial charge on any atom is 0.256 e. The lowest BCUT2D eigenvalue weighted by Gasteiger charge is -1.97. The van der Waals surface area contributed by atoms with E-state index in [9.17, 15) is 4.79 Å². The number of para-hydroxylation sites is 1. The van der Waals surface area contributed by atoms with E-state index < -0.39 is 0 Å². The standard InChI is InChI=1S/C17H13N3O/c1-20-10-11(12-6-4-8-18-16(12)20)9-14-13-5-2-3-7-15(13)19-17(14)21/h2-10H,1H3,(H,19,21). The highest BCUT2D eigenvalue weighted by Gasteiger charge is 2.23. The average molecular weight is 275 g/mol. The van der Waals surface area contributed by atoms with Crippen LogP contribution in [0, 0.1) is 0 Å². The molecule has 4 heteroatoms. The van der Waals surface area contributed by atoms with Crippen LogP contribution in [-0.4, -0.2) is 15.5 Å². The molecule has 4 nitrogen and oxygen atoms in total. The van der Waals surface area contributed by atoms with Gasteiger partial charge in [-0.2, -0.15) is 0 Å². The second-order valence-electron chi connectivity index (χ2n) is 5.13. The largest absolute Gasteiger partial charge is 0.335 e. The molecule has 0 radical (unpaired) electrons. The number of benzene rings is 1. The number of rotatable bonds is 1. The van der Waals surface area contributed by atoms with E-state index in [4.69, 9.17) is 0 Å². The van der Waals surface area contributed by atoms with E-state index in [1.165, 1.54) is 0 Å². The maximum atomic E-state index is 12.2. The van der Waals surface area contributed by atoms with Gasteiger partial charge in [0.2, 0.25) is 0 Å². The predicted octanol–water partition coefficient (Wildman–Crippen LogP) is 3.07. The number of hydrogen-bond acceptors (Lipinski definition) is 2. The van der Waals surface area contributed by atoms with Gasteiger partial charge in [0.25, 0.3) is 5.91 Å². The number of fused-ring (bicyclic) bond motifs is 2. The second kappa shape index (κ2) is 4.31. The normalized spacial score (nSPS) is 15.5. The summed E-state index contributed by atoms with van der Waals surface area (Å²) in [6, 6.07) is 11.7. The van der Waals surface area contributed by atoms with Crippen molar-refractivity contribution in [2.24, 2.45) is 7.05 Å². The molecule has 0 bridgehead atoms. The number of nitrogens with one attached hydrogen (secondary N) is 1. The third kappa shape index (κ3) is 1.76. The molecule has 0 fully saturated rings. The molecule has 2 aromatic heterocycles. The maximum absolute atomic E-state index is 12.2. The van der Waals surface area contributed by atoms with Gasteiger partial charge < -0.3 is 9.88 Å². The summed E-state index contributed by atoms with van der Waals surface area (Å²) in [7, 11) is 1.96. The SMILES string of the molecule is Cn1cc(C=C2C(=O)Nc3ccccc32)c2cccnc21. The third-order valence-electron chi connectivity index (χ3n) is 3.77. The first kappa shape index (κ1) is 11.9. The molecule has 21 heavy (non-hydrogen) atoms. The van der Waals surface area contributed by atoms with E-state index in [1.54, 1.807) is 6.20 Å². The van der Waals surface area contributed by atoms with E-state index in [-0.39, 0.29) is 5.91 Å². The van der Waals surface area contributed by atoms with E-state index in [0.29, 0.717) is 5.57 Å². The molecule has 1 aromatic carbocycles. The Morgan fingerprint density at radius 2 is 2.05 bits per heavy atom. The topological polar surface area (TPSA) is 46.9 Å². The molecule has 0 spiro atoms. The molecule has 1 amide bonds. The van der Waals surface area contributed by atoms with E-state index in [2.05, 4.69) is 10.3 Å². The third-order valence-corrected chi connectivity index (χ3v) is 3.77. The Morgan fingerprint density at radius 3 is 2.95 bits per heavy atom. The highest BCUT2D eigenvalue weighted by molar-refractivity contribution is 6.35. The Hall–Kier alpha value is -2.88. The van der Waals surface area contributed by atoms with Gasteiger partial charge in [-0.1, -0.05) is 18.2 Å². The zero-order valence-electron chi connectivity index (χ0n) is 11.5. The van der Waals surface area contributed by atoms with Gasteiger partial charge in [-0.05, 0) is 24.3 Å². The summed E-state index contributed by atoms with van der Waals surface area (Å²) in [6.45, 7) is 0. The van der Waals surface area contributed by atoms with Crippen molar-refractivity contribution < 1.29 is 4.79 Å². The summed E-state index contributed by atoms with van der Waals surface area (Å²) in [6.07, 6.45) is 5.71. The second-order valence-corrected chi connectivity index (χ2v) is 5.13. The van der Waals surface area contributed by atoms with Crippen LogP contribution in [0.1, 0.15) is 11.1 Å². The van der Waals surface area contributed by atoms with Crippen LogP contribution < -0.4 is 5.32 Å². The van der Waals surface area contributed by atoms with Crippen molar-refractivity contribution in [2.75, 3.05) is 5.32 Å². The number of hydrogen-bond donors (Lipinski definition) is 1. The molecule has 3 aromatic rings. The summed E-state index contributed by atoms with van der Waals surface area (Å²) in [5.41, 5.74) is 4.43. The number of carbonyl (C=O) groups is 1. The van der Waals surface area contributed by atoms with Gasteiger partial charge in [-0.15, -0.1) is 0 Å². The van der Waals surface area contributed by atoms with Gasteiger partial charge in [-0.3, -0.25) is 4.79 Å². The van der Waals surface area contributed by atoms with Crippen LogP contribution in [0.5, 0.6) is 0 Å². The Kier molecular flexibility index (Phi) is 2.44. The summed E-state index contributed by atoms with van der Waals surface area (Å²) in [4.78, 5) is 16.5. The van der Waals surface area contributed by atoms with E-state index in [1.807, 2.05) is 60.3 Å². The van der Waals surface area contributed by atoms with Crippen molar-refractivity contribution in [3.63, 3.8) is 0 Å². The monoisotopic (exact) mass is 275 g/mol. The molecular weight excluding hydrogens is 262 g/mol. The zero-order valence-corrected chi connectivity index (χ0v) is 11.5. The molecular formula is C17H13N3O. The molecule has 1 aliphatic heterocycles. The van der Waals surface area contributed by atoms with Gasteiger partial charge >= 0.3 is 0 Å². The first-order valence-corrected chi connectivity index (χ1v) is 6.76. The van der Waals surface area contributed by atoms with Crippen LogP contribution in [0.4, 0.5) is 5.69 Å². The lowest BCUT2D eigenvalue weighted by Crippen LogP contribution is -2.03. The van der Waals surface area contributed by atoms with Crippen molar-refractivity contribution in [3.8, 4) is 0 Å². The zero-order chi connectivity index (χ0) is 14.4.